The fourth-order valence-electron chi connectivity index (χ4n) is 1.86. The highest BCUT2D eigenvalue weighted by molar-refractivity contribution is 7.80. The minimum atomic E-state index is -0.500. The van der Waals surface area contributed by atoms with Gasteiger partial charge in [-0.15, -0.1) is 0 Å². The van der Waals surface area contributed by atoms with Crippen molar-refractivity contribution in [2.24, 2.45) is 11.1 Å². The van der Waals surface area contributed by atoms with Gasteiger partial charge in [0.1, 0.15) is 0 Å². The quantitative estimate of drug-likeness (QED) is 0.710. The third kappa shape index (κ3) is 3.04. The fraction of sp³-hybridized carbons (Fsp3) is 0.385. The molecule has 1 saturated carbocycles. The van der Waals surface area contributed by atoms with E-state index in [2.05, 4.69) is 17.9 Å². The Morgan fingerprint density at radius 1 is 1.39 bits per heavy atom. The van der Waals surface area contributed by atoms with Gasteiger partial charge in [0, 0.05) is 17.7 Å². The van der Waals surface area contributed by atoms with Gasteiger partial charge >= 0.3 is 0 Å². The summed E-state index contributed by atoms with van der Waals surface area (Å²) in [6.07, 6.45) is 2.60. The smallest absolute Gasteiger partial charge is 0.248 e. The van der Waals surface area contributed by atoms with Crippen molar-refractivity contribution >= 4 is 30.1 Å². The van der Waals surface area contributed by atoms with Crippen molar-refractivity contribution in [3.63, 3.8) is 0 Å². The summed E-state index contributed by atoms with van der Waals surface area (Å²) in [6, 6.07) is 6.64. The summed E-state index contributed by atoms with van der Waals surface area (Å²) in [6.45, 7) is 0. The van der Waals surface area contributed by atoms with Crippen molar-refractivity contribution in [1.82, 2.24) is 0 Å². The zero-order valence-electron chi connectivity index (χ0n) is 9.98. The number of nitrogens with two attached hydrogens (primary N) is 1. The minimum Gasteiger partial charge on any atom is -0.366 e. The van der Waals surface area contributed by atoms with Gasteiger partial charge in [-0.3, -0.25) is 9.59 Å². The summed E-state index contributed by atoms with van der Waals surface area (Å²) in [5.74, 6) is 0.199. The van der Waals surface area contributed by atoms with Crippen LogP contribution in [0, 0.1) is 5.41 Å². The average Bonchev–Trinajstić information content (AvgIpc) is 3.09. The van der Waals surface area contributed by atoms with Crippen LogP contribution >= 0.6 is 12.6 Å². The van der Waals surface area contributed by atoms with Crippen LogP contribution in [0.25, 0.3) is 0 Å². The molecular weight excluding hydrogens is 248 g/mol. The number of amides is 2. The lowest BCUT2D eigenvalue weighted by atomic mass is 10.0. The van der Waals surface area contributed by atoms with Crippen LogP contribution in [0.2, 0.25) is 0 Å². The van der Waals surface area contributed by atoms with Gasteiger partial charge in [-0.25, -0.2) is 0 Å². The molecule has 0 atom stereocenters. The Morgan fingerprint density at radius 3 is 2.67 bits per heavy atom. The molecule has 18 heavy (non-hydrogen) atoms. The van der Waals surface area contributed by atoms with Gasteiger partial charge in [0.05, 0.1) is 0 Å². The largest absolute Gasteiger partial charge is 0.366 e. The summed E-state index contributed by atoms with van der Waals surface area (Å²) < 4.78 is 0. The van der Waals surface area contributed by atoms with E-state index in [9.17, 15) is 9.59 Å². The number of carbonyl (C=O) groups excluding carboxylic acids is 2. The predicted octanol–water partition coefficient (Wildman–Crippen LogP) is 1.82. The second-order valence-corrected chi connectivity index (χ2v) is 5.14. The lowest BCUT2D eigenvalue weighted by Gasteiger charge is -2.12. The molecule has 4 nitrogen and oxygen atoms in total. The molecule has 0 bridgehead atoms. The van der Waals surface area contributed by atoms with Crippen LogP contribution in [-0.2, 0) is 4.79 Å². The molecule has 0 aromatic heterocycles. The fourth-order valence-corrected chi connectivity index (χ4v) is 2.29. The van der Waals surface area contributed by atoms with Gasteiger partial charge in [0.2, 0.25) is 11.8 Å². The van der Waals surface area contributed by atoms with E-state index >= 15 is 0 Å². The maximum Gasteiger partial charge on any atom is 0.248 e. The Hall–Kier alpha value is -1.49. The highest BCUT2D eigenvalue weighted by atomic mass is 32.1. The molecular formula is C13H16N2O2S. The SMILES string of the molecule is NC(=O)c1cccc(NC(=O)CC2(CS)CC2)c1. The van der Waals surface area contributed by atoms with Crippen LogP contribution in [0.1, 0.15) is 29.6 Å². The number of thiol groups is 1. The van der Waals surface area contributed by atoms with Gasteiger partial charge in [-0.05, 0) is 42.2 Å². The van der Waals surface area contributed by atoms with E-state index in [0.717, 1.165) is 18.6 Å². The van der Waals surface area contributed by atoms with E-state index in [-0.39, 0.29) is 11.3 Å². The van der Waals surface area contributed by atoms with Gasteiger partial charge in [0.25, 0.3) is 0 Å². The normalized spacial score (nSPS) is 16.1. The van der Waals surface area contributed by atoms with Crippen molar-refractivity contribution in [2.45, 2.75) is 19.3 Å². The first-order valence-electron chi connectivity index (χ1n) is 5.85. The molecule has 1 aromatic carbocycles. The predicted molar refractivity (Wildman–Crippen MR) is 73.7 cm³/mol. The highest BCUT2D eigenvalue weighted by Crippen LogP contribution is 2.49. The molecule has 2 amide bonds. The molecule has 1 aliphatic carbocycles. The number of primary amides is 1. The van der Waals surface area contributed by atoms with Crippen LogP contribution in [0.3, 0.4) is 0 Å². The Kier molecular flexibility index (Phi) is 3.61. The lowest BCUT2D eigenvalue weighted by molar-refractivity contribution is -0.117. The number of hydrogen-bond acceptors (Lipinski definition) is 3. The molecule has 2 rings (SSSR count). The van der Waals surface area contributed by atoms with Crippen LogP contribution in [-0.4, -0.2) is 17.6 Å². The van der Waals surface area contributed by atoms with E-state index in [1.807, 2.05) is 0 Å². The van der Waals surface area contributed by atoms with E-state index in [1.54, 1.807) is 24.3 Å². The van der Waals surface area contributed by atoms with Gasteiger partial charge < -0.3 is 11.1 Å². The van der Waals surface area contributed by atoms with Crippen molar-refractivity contribution in [3.05, 3.63) is 29.8 Å². The van der Waals surface area contributed by atoms with Crippen LogP contribution in [0.15, 0.2) is 24.3 Å². The average molecular weight is 264 g/mol. The number of nitrogens with one attached hydrogen (secondary N) is 1. The molecule has 96 valence electrons. The van der Waals surface area contributed by atoms with Crippen LogP contribution < -0.4 is 11.1 Å². The molecule has 0 aliphatic heterocycles. The Bertz CT molecular complexity index is 484. The molecule has 0 unspecified atom stereocenters. The second-order valence-electron chi connectivity index (χ2n) is 4.83. The Morgan fingerprint density at radius 2 is 2.11 bits per heavy atom. The molecule has 0 spiro atoms. The van der Waals surface area contributed by atoms with Crippen molar-refractivity contribution in [3.8, 4) is 0 Å². The number of hydrogen-bond donors (Lipinski definition) is 3. The van der Waals surface area contributed by atoms with Gasteiger partial charge in [-0.2, -0.15) is 12.6 Å². The van der Waals surface area contributed by atoms with Crippen molar-refractivity contribution in [1.29, 1.82) is 0 Å². The van der Waals surface area contributed by atoms with Gasteiger partial charge in [-0.1, -0.05) is 6.07 Å². The van der Waals surface area contributed by atoms with E-state index in [1.165, 1.54) is 0 Å². The highest BCUT2D eigenvalue weighted by Gasteiger charge is 2.42. The van der Waals surface area contributed by atoms with Crippen LogP contribution in [0.4, 0.5) is 5.69 Å². The number of benzene rings is 1. The first-order valence-corrected chi connectivity index (χ1v) is 6.48. The molecule has 0 radical (unpaired) electrons. The van der Waals surface area contributed by atoms with Crippen molar-refractivity contribution in [2.75, 3.05) is 11.1 Å². The van der Waals surface area contributed by atoms with Crippen LogP contribution in [0.5, 0.6) is 0 Å². The summed E-state index contributed by atoms with van der Waals surface area (Å²) in [7, 11) is 0. The minimum absolute atomic E-state index is 0.0387. The number of rotatable bonds is 5. The topological polar surface area (TPSA) is 72.2 Å². The summed E-state index contributed by atoms with van der Waals surface area (Å²) in [4.78, 5) is 22.9. The standard InChI is InChI=1S/C13H16N2O2S/c14-12(17)9-2-1-3-10(6-9)15-11(16)7-13(8-18)4-5-13/h1-3,6,18H,4-5,7-8H2,(H2,14,17)(H,15,16). The summed E-state index contributed by atoms with van der Waals surface area (Å²) in [5.41, 5.74) is 6.27. The Balaban J connectivity index is 1.98. The number of carbonyl (C=O) groups is 2. The van der Waals surface area contributed by atoms with E-state index in [4.69, 9.17) is 5.73 Å². The first kappa shape index (κ1) is 13.0. The molecule has 1 aliphatic rings. The number of anilines is 1. The zero-order valence-corrected chi connectivity index (χ0v) is 10.9. The molecule has 3 N–H and O–H groups in total. The first-order chi connectivity index (χ1) is 8.54. The second kappa shape index (κ2) is 5.02. The summed E-state index contributed by atoms with van der Waals surface area (Å²) in [5, 5.41) is 2.79. The Labute approximate surface area is 111 Å². The third-order valence-electron chi connectivity index (χ3n) is 3.26. The maximum absolute atomic E-state index is 11.8. The van der Waals surface area contributed by atoms with Crippen molar-refractivity contribution < 1.29 is 9.59 Å². The molecule has 1 aromatic rings. The summed E-state index contributed by atoms with van der Waals surface area (Å²) >= 11 is 4.27. The lowest BCUT2D eigenvalue weighted by Crippen LogP contribution is -2.19. The molecule has 0 saturated heterocycles. The molecule has 5 heteroatoms. The van der Waals surface area contributed by atoms with E-state index < -0.39 is 5.91 Å². The van der Waals surface area contributed by atoms with Gasteiger partial charge in [0.15, 0.2) is 0 Å². The monoisotopic (exact) mass is 264 g/mol. The third-order valence-corrected chi connectivity index (χ3v) is 3.93. The van der Waals surface area contributed by atoms with E-state index in [0.29, 0.717) is 17.7 Å². The molecule has 0 heterocycles. The zero-order chi connectivity index (χ0) is 13.2. The molecule has 1 fully saturated rings. The maximum atomic E-state index is 11.8.